The lowest BCUT2D eigenvalue weighted by Crippen LogP contribution is -2.08. The molecule has 2 heterocycles. The van der Waals surface area contributed by atoms with Crippen molar-refractivity contribution in [2.75, 3.05) is 0 Å². The van der Waals surface area contributed by atoms with Crippen LogP contribution in [-0.2, 0) is 0 Å². The topological polar surface area (TPSA) is 69.7 Å². The first kappa shape index (κ1) is 18.4. The highest BCUT2D eigenvalue weighted by Gasteiger charge is 2.16. The Morgan fingerprint density at radius 2 is 1.70 bits per heavy atom. The third kappa shape index (κ3) is 3.31. The molecule has 0 saturated carbocycles. The zero-order valence-corrected chi connectivity index (χ0v) is 17.0. The van der Waals surface area contributed by atoms with Gasteiger partial charge in [-0.15, -0.1) is 0 Å². The number of fused-ring (bicyclic) bond motifs is 2. The first-order valence-corrected chi connectivity index (χ1v) is 9.90. The van der Waals surface area contributed by atoms with Crippen LogP contribution in [-0.4, -0.2) is 5.97 Å². The lowest BCUT2D eigenvalue weighted by Gasteiger charge is -2.06. The second-order valence-electron chi connectivity index (χ2n) is 6.68. The van der Waals surface area contributed by atoms with Crippen LogP contribution in [0.15, 0.2) is 97.2 Å². The number of rotatable bonds is 3. The van der Waals surface area contributed by atoms with Crippen molar-refractivity contribution in [2.24, 2.45) is 0 Å². The van der Waals surface area contributed by atoms with Crippen molar-refractivity contribution in [3.63, 3.8) is 0 Å². The molecular formula is C24H13BrO5. The number of ether oxygens (including phenoxy) is 1. The molecule has 0 unspecified atom stereocenters. The molecule has 5 rings (SSSR count). The van der Waals surface area contributed by atoms with Gasteiger partial charge in [-0.05, 0) is 42.0 Å². The zero-order chi connectivity index (χ0) is 20.7. The summed E-state index contributed by atoms with van der Waals surface area (Å²) in [5.74, 6) is -0.268. The van der Waals surface area contributed by atoms with Gasteiger partial charge in [0.15, 0.2) is 5.43 Å². The van der Waals surface area contributed by atoms with Gasteiger partial charge < -0.3 is 13.6 Å². The van der Waals surface area contributed by atoms with E-state index in [0.29, 0.717) is 22.1 Å². The summed E-state index contributed by atoms with van der Waals surface area (Å²) < 4.78 is 17.5. The fourth-order valence-corrected chi connectivity index (χ4v) is 3.50. The Balaban J connectivity index is 1.46. The molecule has 30 heavy (non-hydrogen) atoms. The minimum atomic E-state index is -0.626. The number of hydrogen-bond acceptors (Lipinski definition) is 5. The van der Waals surface area contributed by atoms with Crippen LogP contribution in [0.2, 0.25) is 0 Å². The van der Waals surface area contributed by atoms with Gasteiger partial charge in [0.05, 0.1) is 10.9 Å². The third-order valence-corrected chi connectivity index (χ3v) is 5.27. The Morgan fingerprint density at radius 1 is 0.900 bits per heavy atom. The van der Waals surface area contributed by atoms with Crippen LogP contribution in [0.4, 0.5) is 0 Å². The first-order valence-electron chi connectivity index (χ1n) is 9.11. The molecule has 0 aliphatic rings. The van der Waals surface area contributed by atoms with Gasteiger partial charge in [-0.25, -0.2) is 4.79 Å². The number of halogens is 1. The molecule has 5 aromatic rings. The fraction of sp³-hybridized carbons (Fsp3) is 0. The number of furan rings is 1. The van der Waals surface area contributed by atoms with E-state index in [-0.39, 0.29) is 16.9 Å². The minimum absolute atomic E-state index is 0.100. The standard InChI is InChI=1S/C24H13BrO5/c25-16-7-5-14(6-8-16)19-13-28-21-12-17(9-10-18(21)23(19)26)29-24(27)22-11-15-3-1-2-4-20(15)30-22/h1-13H. The number of hydrogen-bond donors (Lipinski definition) is 0. The smallest absolute Gasteiger partial charge is 0.379 e. The van der Waals surface area contributed by atoms with Crippen LogP contribution in [0.3, 0.4) is 0 Å². The molecule has 0 atom stereocenters. The van der Waals surface area contributed by atoms with Crippen molar-refractivity contribution in [1.82, 2.24) is 0 Å². The van der Waals surface area contributed by atoms with E-state index in [1.165, 1.54) is 12.3 Å². The molecule has 2 aromatic heterocycles. The van der Waals surface area contributed by atoms with E-state index in [4.69, 9.17) is 13.6 Å². The van der Waals surface area contributed by atoms with Gasteiger partial charge in [-0.2, -0.15) is 0 Å². The Hall–Kier alpha value is -3.64. The summed E-state index contributed by atoms with van der Waals surface area (Å²) in [6, 6.07) is 21.0. The Labute approximate surface area is 178 Å². The van der Waals surface area contributed by atoms with E-state index >= 15 is 0 Å². The molecule has 0 amide bonds. The fourth-order valence-electron chi connectivity index (χ4n) is 3.24. The van der Waals surface area contributed by atoms with Crippen LogP contribution in [0.1, 0.15) is 10.6 Å². The summed E-state index contributed by atoms with van der Waals surface area (Å²) in [4.78, 5) is 25.3. The van der Waals surface area contributed by atoms with Crippen LogP contribution < -0.4 is 10.2 Å². The maximum Gasteiger partial charge on any atom is 0.379 e. The minimum Gasteiger partial charge on any atom is -0.463 e. The maximum atomic E-state index is 12.9. The van der Waals surface area contributed by atoms with Crippen molar-refractivity contribution in [3.8, 4) is 16.9 Å². The molecule has 6 heteroatoms. The summed E-state index contributed by atoms with van der Waals surface area (Å²) in [6.07, 6.45) is 1.42. The molecule has 0 aliphatic heterocycles. The quantitative estimate of drug-likeness (QED) is 0.237. The van der Waals surface area contributed by atoms with Crippen molar-refractivity contribution in [2.45, 2.75) is 0 Å². The molecule has 0 saturated heterocycles. The van der Waals surface area contributed by atoms with Gasteiger partial charge in [-0.3, -0.25) is 4.79 Å². The van der Waals surface area contributed by atoms with Crippen molar-refractivity contribution in [3.05, 3.63) is 99.5 Å². The van der Waals surface area contributed by atoms with Crippen LogP contribution in [0, 0.1) is 0 Å². The lowest BCUT2D eigenvalue weighted by atomic mass is 10.1. The molecule has 3 aromatic carbocycles. The molecule has 0 radical (unpaired) electrons. The SMILES string of the molecule is O=C(Oc1ccc2c(=O)c(-c3ccc(Br)cc3)coc2c1)c1cc2ccccc2o1. The normalized spacial score (nSPS) is 11.1. The van der Waals surface area contributed by atoms with E-state index in [0.717, 1.165) is 15.4 Å². The number of benzene rings is 3. The number of para-hydroxylation sites is 1. The molecule has 146 valence electrons. The Bertz CT molecular complexity index is 1430. The monoisotopic (exact) mass is 460 g/mol. The molecule has 0 N–H and O–H groups in total. The van der Waals surface area contributed by atoms with Crippen molar-refractivity contribution < 1.29 is 18.4 Å². The first-order chi connectivity index (χ1) is 14.6. The summed E-state index contributed by atoms with van der Waals surface area (Å²) in [6.45, 7) is 0. The van der Waals surface area contributed by atoms with Gasteiger partial charge in [0.2, 0.25) is 5.76 Å². The van der Waals surface area contributed by atoms with E-state index in [2.05, 4.69) is 15.9 Å². The Morgan fingerprint density at radius 3 is 2.50 bits per heavy atom. The Kier molecular flexibility index (Phi) is 4.48. The molecule has 0 aliphatic carbocycles. The highest BCUT2D eigenvalue weighted by atomic mass is 79.9. The summed E-state index contributed by atoms with van der Waals surface area (Å²) in [5.41, 5.74) is 2.00. The molecule has 0 bridgehead atoms. The molecule has 0 fully saturated rings. The van der Waals surface area contributed by atoms with Crippen molar-refractivity contribution in [1.29, 1.82) is 0 Å². The second kappa shape index (κ2) is 7.31. The van der Waals surface area contributed by atoms with Gasteiger partial charge in [0.1, 0.15) is 23.2 Å². The van der Waals surface area contributed by atoms with Gasteiger partial charge in [-0.1, -0.05) is 46.3 Å². The van der Waals surface area contributed by atoms with E-state index < -0.39 is 5.97 Å². The summed E-state index contributed by atoms with van der Waals surface area (Å²) in [7, 11) is 0. The molecular weight excluding hydrogens is 448 g/mol. The largest absolute Gasteiger partial charge is 0.463 e. The third-order valence-electron chi connectivity index (χ3n) is 4.74. The highest BCUT2D eigenvalue weighted by Crippen LogP contribution is 2.25. The number of carbonyl (C=O) groups is 1. The van der Waals surface area contributed by atoms with Crippen LogP contribution in [0.25, 0.3) is 33.1 Å². The predicted molar refractivity (Wildman–Crippen MR) is 117 cm³/mol. The van der Waals surface area contributed by atoms with Gasteiger partial charge >= 0.3 is 5.97 Å². The average Bonchev–Trinajstić information content (AvgIpc) is 3.19. The summed E-state index contributed by atoms with van der Waals surface area (Å²) >= 11 is 3.38. The van der Waals surface area contributed by atoms with Crippen LogP contribution in [0.5, 0.6) is 5.75 Å². The maximum absolute atomic E-state index is 12.9. The van der Waals surface area contributed by atoms with Crippen LogP contribution >= 0.6 is 15.9 Å². The van der Waals surface area contributed by atoms with Gasteiger partial charge in [0.25, 0.3) is 0 Å². The zero-order valence-electron chi connectivity index (χ0n) is 15.4. The number of carbonyl (C=O) groups excluding carboxylic acids is 1. The van der Waals surface area contributed by atoms with Crippen molar-refractivity contribution >= 4 is 43.8 Å². The summed E-state index contributed by atoms with van der Waals surface area (Å²) in [5, 5.41) is 1.22. The molecule has 0 spiro atoms. The number of esters is 1. The lowest BCUT2D eigenvalue weighted by molar-refractivity contribution is 0.0704. The molecule has 5 nitrogen and oxygen atoms in total. The van der Waals surface area contributed by atoms with E-state index in [1.807, 2.05) is 42.5 Å². The van der Waals surface area contributed by atoms with E-state index in [9.17, 15) is 9.59 Å². The highest BCUT2D eigenvalue weighted by molar-refractivity contribution is 9.10. The second-order valence-corrected chi connectivity index (χ2v) is 7.60. The predicted octanol–water partition coefficient (Wildman–Crippen LogP) is 6.19. The van der Waals surface area contributed by atoms with Gasteiger partial charge in [0, 0.05) is 15.9 Å². The van der Waals surface area contributed by atoms with E-state index in [1.54, 1.807) is 24.3 Å². The average molecular weight is 461 g/mol.